The van der Waals surface area contributed by atoms with E-state index in [1.165, 1.54) is 12.0 Å². The SMILES string of the molecule is Cc1ccc(NC(=O)c2cccc(C3CCCN(C)C3)c2)cc1C(=O)c1ccccc1. The monoisotopic (exact) mass is 412 g/mol. The molecule has 1 atom stereocenters. The minimum atomic E-state index is -0.159. The maximum Gasteiger partial charge on any atom is 0.255 e. The van der Waals surface area contributed by atoms with Gasteiger partial charge in [-0.15, -0.1) is 0 Å². The average Bonchev–Trinajstić information content (AvgIpc) is 2.80. The van der Waals surface area contributed by atoms with E-state index in [4.69, 9.17) is 0 Å². The van der Waals surface area contributed by atoms with Crippen LogP contribution in [0.4, 0.5) is 5.69 Å². The summed E-state index contributed by atoms with van der Waals surface area (Å²) in [6.07, 6.45) is 2.33. The van der Waals surface area contributed by atoms with Crippen molar-refractivity contribution in [2.75, 3.05) is 25.5 Å². The van der Waals surface area contributed by atoms with Crippen molar-refractivity contribution in [3.8, 4) is 0 Å². The molecule has 4 heteroatoms. The fourth-order valence-electron chi connectivity index (χ4n) is 4.26. The van der Waals surface area contributed by atoms with Gasteiger partial charge in [0.25, 0.3) is 5.91 Å². The minimum Gasteiger partial charge on any atom is -0.322 e. The van der Waals surface area contributed by atoms with Gasteiger partial charge in [-0.2, -0.15) is 0 Å². The van der Waals surface area contributed by atoms with Gasteiger partial charge in [0.1, 0.15) is 0 Å². The van der Waals surface area contributed by atoms with Gasteiger partial charge in [-0.05, 0) is 74.7 Å². The van der Waals surface area contributed by atoms with E-state index < -0.39 is 0 Å². The third kappa shape index (κ3) is 4.92. The van der Waals surface area contributed by atoms with Gasteiger partial charge in [0.2, 0.25) is 0 Å². The molecule has 1 fully saturated rings. The number of hydrogen-bond acceptors (Lipinski definition) is 3. The van der Waals surface area contributed by atoms with Crippen LogP contribution in [0.15, 0.2) is 72.8 Å². The van der Waals surface area contributed by atoms with E-state index in [2.05, 4.69) is 23.3 Å². The summed E-state index contributed by atoms with van der Waals surface area (Å²) in [6, 6.07) is 22.6. The van der Waals surface area contributed by atoms with Crippen molar-refractivity contribution in [2.24, 2.45) is 0 Å². The molecule has 1 N–H and O–H groups in total. The smallest absolute Gasteiger partial charge is 0.255 e. The van der Waals surface area contributed by atoms with E-state index in [1.54, 1.807) is 18.2 Å². The van der Waals surface area contributed by atoms with Crippen molar-refractivity contribution in [2.45, 2.75) is 25.7 Å². The minimum absolute atomic E-state index is 0.0439. The summed E-state index contributed by atoms with van der Waals surface area (Å²) in [4.78, 5) is 28.2. The molecule has 3 aromatic rings. The van der Waals surface area contributed by atoms with Gasteiger partial charge in [0.05, 0.1) is 0 Å². The normalized spacial score (nSPS) is 16.6. The van der Waals surface area contributed by atoms with Crippen LogP contribution in [0.3, 0.4) is 0 Å². The lowest BCUT2D eigenvalue weighted by Gasteiger charge is -2.30. The predicted octanol–water partition coefficient (Wildman–Crippen LogP) is 5.29. The number of carbonyl (C=O) groups excluding carboxylic acids is 2. The second-order valence-corrected chi connectivity index (χ2v) is 8.41. The molecule has 0 radical (unpaired) electrons. The third-order valence-electron chi connectivity index (χ3n) is 6.02. The topological polar surface area (TPSA) is 49.4 Å². The van der Waals surface area contributed by atoms with E-state index in [-0.39, 0.29) is 11.7 Å². The molecule has 0 aromatic heterocycles. The molecule has 158 valence electrons. The molecule has 0 spiro atoms. The van der Waals surface area contributed by atoms with Gasteiger partial charge in [-0.3, -0.25) is 9.59 Å². The molecule has 4 nitrogen and oxygen atoms in total. The number of amides is 1. The van der Waals surface area contributed by atoms with Gasteiger partial charge >= 0.3 is 0 Å². The van der Waals surface area contributed by atoms with Gasteiger partial charge in [-0.25, -0.2) is 0 Å². The van der Waals surface area contributed by atoms with Gasteiger partial charge in [-0.1, -0.05) is 48.5 Å². The summed E-state index contributed by atoms with van der Waals surface area (Å²) in [7, 11) is 2.15. The van der Waals surface area contributed by atoms with Crippen molar-refractivity contribution >= 4 is 17.4 Å². The van der Waals surface area contributed by atoms with Crippen molar-refractivity contribution in [1.29, 1.82) is 0 Å². The number of aryl methyl sites for hydroxylation is 1. The molecule has 1 amide bonds. The second-order valence-electron chi connectivity index (χ2n) is 8.41. The third-order valence-corrected chi connectivity index (χ3v) is 6.02. The maximum absolute atomic E-state index is 12.9. The zero-order valence-electron chi connectivity index (χ0n) is 18.1. The highest BCUT2D eigenvalue weighted by molar-refractivity contribution is 6.11. The van der Waals surface area contributed by atoms with Crippen LogP contribution in [0.2, 0.25) is 0 Å². The lowest BCUT2D eigenvalue weighted by atomic mass is 9.90. The predicted molar refractivity (Wildman–Crippen MR) is 125 cm³/mol. The molecule has 1 unspecified atom stereocenters. The fraction of sp³-hybridized carbons (Fsp3) is 0.259. The first-order valence-corrected chi connectivity index (χ1v) is 10.8. The summed E-state index contributed by atoms with van der Waals surface area (Å²) in [6.45, 7) is 4.06. The number of benzene rings is 3. The number of nitrogens with zero attached hydrogens (tertiary/aromatic N) is 1. The number of nitrogens with one attached hydrogen (secondary N) is 1. The Morgan fingerprint density at radius 3 is 2.48 bits per heavy atom. The second kappa shape index (κ2) is 9.27. The van der Waals surface area contributed by atoms with Crippen LogP contribution in [-0.2, 0) is 0 Å². The van der Waals surface area contributed by atoms with E-state index in [1.807, 2.05) is 55.5 Å². The Kier molecular flexibility index (Phi) is 6.28. The number of likely N-dealkylation sites (N-methyl/N-ethyl adjacent to an activating group) is 1. The highest BCUT2D eigenvalue weighted by Crippen LogP contribution is 2.27. The summed E-state index contributed by atoms with van der Waals surface area (Å²) < 4.78 is 0. The molecule has 3 aromatic carbocycles. The zero-order chi connectivity index (χ0) is 21.8. The van der Waals surface area contributed by atoms with Crippen LogP contribution in [0, 0.1) is 6.92 Å². The molecular weight excluding hydrogens is 384 g/mol. The van der Waals surface area contributed by atoms with E-state index >= 15 is 0 Å². The van der Waals surface area contributed by atoms with E-state index in [9.17, 15) is 9.59 Å². The summed E-state index contributed by atoms with van der Waals surface area (Å²) in [5, 5.41) is 2.97. The fourth-order valence-corrected chi connectivity index (χ4v) is 4.26. The van der Waals surface area contributed by atoms with Crippen LogP contribution in [0.5, 0.6) is 0 Å². The number of rotatable bonds is 5. The Morgan fingerprint density at radius 1 is 0.935 bits per heavy atom. The number of anilines is 1. The van der Waals surface area contributed by atoms with Gasteiger partial charge < -0.3 is 10.2 Å². The van der Waals surface area contributed by atoms with Crippen LogP contribution in [0.1, 0.15) is 56.2 Å². The van der Waals surface area contributed by atoms with Gasteiger partial charge in [0.15, 0.2) is 5.78 Å². The van der Waals surface area contributed by atoms with E-state index in [0.717, 1.165) is 25.1 Å². The van der Waals surface area contributed by atoms with Crippen molar-refractivity contribution < 1.29 is 9.59 Å². The van der Waals surface area contributed by atoms with Crippen LogP contribution in [0.25, 0.3) is 0 Å². The standard InChI is InChI=1S/C27H28N2O2/c1-19-13-14-24(17-25(19)26(30)20-8-4-3-5-9-20)28-27(31)22-11-6-10-21(16-22)23-12-7-15-29(2)18-23/h3-6,8-11,13-14,16-17,23H,7,12,15,18H2,1-2H3,(H,28,31). The summed E-state index contributed by atoms with van der Waals surface area (Å²) in [5.41, 5.74) is 4.60. The van der Waals surface area contributed by atoms with Crippen LogP contribution < -0.4 is 5.32 Å². The van der Waals surface area contributed by atoms with Crippen LogP contribution >= 0.6 is 0 Å². The molecule has 1 saturated heterocycles. The highest BCUT2D eigenvalue weighted by Gasteiger charge is 2.20. The average molecular weight is 413 g/mol. The Labute approximate surface area is 183 Å². The van der Waals surface area contributed by atoms with Crippen molar-refractivity contribution in [3.05, 3.63) is 101 Å². The molecule has 1 heterocycles. The lowest BCUT2D eigenvalue weighted by molar-refractivity contribution is 0.102. The van der Waals surface area contributed by atoms with Crippen LogP contribution in [-0.4, -0.2) is 36.7 Å². The molecule has 1 aliphatic rings. The Morgan fingerprint density at radius 2 is 1.71 bits per heavy atom. The summed E-state index contributed by atoms with van der Waals surface area (Å²) >= 11 is 0. The zero-order valence-corrected chi connectivity index (χ0v) is 18.1. The molecule has 31 heavy (non-hydrogen) atoms. The van der Waals surface area contributed by atoms with Crippen molar-refractivity contribution in [1.82, 2.24) is 4.90 Å². The Balaban J connectivity index is 1.53. The Bertz CT molecular complexity index is 1090. The molecule has 4 rings (SSSR count). The molecule has 0 saturated carbocycles. The highest BCUT2D eigenvalue weighted by atomic mass is 16.1. The van der Waals surface area contributed by atoms with Gasteiger partial charge in [0, 0.05) is 28.9 Å². The van der Waals surface area contributed by atoms with Crippen molar-refractivity contribution in [3.63, 3.8) is 0 Å². The quantitative estimate of drug-likeness (QED) is 0.580. The number of likely N-dealkylation sites (tertiary alicyclic amines) is 1. The Hall–Kier alpha value is -3.24. The first-order chi connectivity index (χ1) is 15.0. The molecular formula is C27H28N2O2. The number of piperidine rings is 1. The molecule has 0 aliphatic carbocycles. The molecule has 1 aliphatic heterocycles. The summed E-state index contributed by atoms with van der Waals surface area (Å²) in [5.74, 6) is 0.256. The maximum atomic E-state index is 12.9. The first kappa shape index (κ1) is 21.0. The largest absolute Gasteiger partial charge is 0.322 e. The number of hydrogen-bond donors (Lipinski definition) is 1. The molecule has 0 bridgehead atoms. The first-order valence-electron chi connectivity index (χ1n) is 10.8. The number of ketones is 1. The number of carbonyl (C=O) groups is 2. The van der Waals surface area contributed by atoms with E-state index in [0.29, 0.717) is 28.3 Å². The lowest BCUT2D eigenvalue weighted by Crippen LogP contribution is -2.30.